The largest absolute Gasteiger partial charge is 0.377 e. The summed E-state index contributed by atoms with van der Waals surface area (Å²) in [5.41, 5.74) is 1.47. The van der Waals surface area contributed by atoms with Gasteiger partial charge in [-0.05, 0) is 24.3 Å². The zero-order valence-corrected chi connectivity index (χ0v) is 12.1. The van der Waals surface area contributed by atoms with Gasteiger partial charge in [-0.25, -0.2) is 4.98 Å². The molecule has 0 bridgehead atoms. The summed E-state index contributed by atoms with van der Waals surface area (Å²) < 4.78 is 5.74. The minimum absolute atomic E-state index is 0.332. The molecular formula is C15H26N2O. The first kappa shape index (κ1) is 15.0. The van der Waals surface area contributed by atoms with E-state index in [9.17, 15) is 0 Å². The SMILES string of the molecule is CCCNc1ncccc1COCCC(C)(C)C. The van der Waals surface area contributed by atoms with Gasteiger partial charge in [-0.3, -0.25) is 0 Å². The van der Waals surface area contributed by atoms with E-state index in [2.05, 4.69) is 44.1 Å². The Bertz CT molecular complexity index is 345. The molecule has 102 valence electrons. The third-order valence-electron chi connectivity index (χ3n) is 2.69. The maximum Gasteiger partial charge on any atom is 0.131 e. The Morgan fingerprint density at radius 1 is 1.33 bits per heavy atom. The first-order valence-corrected chi connectivity index (χ1v) is 6.78. The number of anilines is 1. The second-order valence-electron chi connectivity index (χ2n) is 5.80. The monoisotopic (exact) mass is 250 g/mol. The Balaban J connectivity index is 2.41. The van der Waals surface area contributed by atoms with Crippen LogP contribution < -0.4 is 5.32 Å². The molecule has 0 unspecified atom stereocenters. The molecule has 0 saturated carbocycles. The first-order valence-electron chi connectivity index (χ1n) is 6.78. The van der Waals surface area contributed by atoms with E-state index in [-0.39, 0.29) is 0 Å². The van der Waals surface area contributed by atoms with E-state index in [4.69, 9.17) is 4.74 Å². The van der Waals surface area contributed by atoms with Gasteiger partial charge in [0.2, 0.25) is 0 Å². The van der Waals surface area contributed by atoms with Crippen molar-refractivity contribution in [3.63, 3.8) is 0 Å². The van der Waals surface area contributed by atoms with Gasteiger partial charge < -0.3 is 10.1 Å². The molecule has 0 spiro atoms. The lowest BCUT2D eigenvalue weighted by molar-refractivity contribution is 0.0964. The smallest absolute Gasteiger partial charge is 0.131 e. The number of aromatic nitrogens is 1. The number of rotatable bonds is 7. The summed E-state index contributed by atoms with van der Waals surface area (Å²) in [6.45, 7) is 11.2. The van der Waals surface area contributed by atoms with Crippen molar-refractivity contribution in [3.05, 3.63) is 23.9 Å². The highest BCUT2D eigenvalue weighted by Crippen LogP contribution is 2.19. The van der Waals surface area contributed by atoms with Crippen molar-refractivity contribution >= 4 is 5.82 Å². The quantitative estimate of drug-likeness (QED) is 0.746. The summed E-state index contributed by atoms with van der Waals surface area (Å²) in [7, 11) is 0. The Hall–Kier alpha value is -1.09. The maximum absolute atomic E-state index is 5.74. The van der Waals surface area contributed by atoms with E-state index in [0.29, 0.717) is 12.0 Å². The molecule has 0 aliphatic carbocycles. The highest BCUT2D eigenvalue weighted by molar-refractivity contribution is 5.43. The normalized spacial score (nSPS) is 11.6. The number of nitrogens with one attached hydrogen (secondary N) is 1. The van der Waals surface area contributed by atoms with Gasteiger partial charge in [0, 0.05) is 24.9 Å². The molecule has 3 heteroatoms. The number of pyridine rings is 1. The molecule has 1 heterocycles. The van der Waals surface area contributed by atoms with Crippen molar-refractivity contribution in [2.24, 2.45) is 5.41 Å². The van der Waals surface area contributed by atoms with E-state index < -0.39 is 0 Å². The molecule has 0 amide bonds. The molecule has 0 aliphatic heterocycles. The minimum atomic E-state index is 0.332. The predicted octanol–water partition coefficient (Wildman–Crippen LogP) is 3.86. The van der Waals surface area contributed by atoms with Gasteiger partial charge in [0.1, 0.15) is 5.82 Å². The first-order chi connectivity index (χ1) is 8.53. The number of hydrogen-bond acceptors (Lipinski definition) is 3. The topological polar surface area (TPSA) is 34.2 Å². The van der Waals surface area contributed by atoms with Crippen LogP contribution in [0, 0.1) is 5.41 Å². The summed E-state index contributed by atoms with van der Waals surface area (Å²) >= 11 is 0. The minimum Gasteiger partial charge on any atom is -0.377 e. The molecule has 18 heavy (non-hydrogen) atoms. The van der Waals surface area contributed by atoms with Gasteiger partial charge in [-0.1, -0.05) is 33.8 Å². The molecule has 3 nitrogen and oxygen atoms in total. The van der Waals surface area contributed by atoms with E-state index >= 15 is 0 Å². The fourth-order valence-corrected chi connectivity index (χ4v) is 1.52. The van der Waals surface area contributed by atoms with E-state index in [1.54, 1.807) is 0 Å². The Morgan fingerprint density at radius 3 is 2.78 bits per heavy atom. The van der Waals surface area contributed by atoms with Crippen LogP contribution in [0.15, 0.2) is 18.3 Å². The van der Waals surface area contributed by atoms with Crippen LogP contribution in [-0.2, 0) is 11.3 Å². The number of ether oxygens (including phenoxy) is 1. The van der Waals surface area contributed by atoms with Gasteiger partial charge in [0.15, 0.2) is 0 Å². The lowest BCUT2D eigenvalue weighted by Crippen LogP contribution is -2.10. The summed E-state index contributed by atoms with van der Waals surface area (Å²) in [6.07, 6.45) is 3.99. The average molecular weight is 250 g/mol. The highest BCUT2D eigenvalue weighted by atomic mass is 16.5. The summed E-state index contributed by atoms with van der Waals surface area (Å²) in [6, 6.07) is 4.03. The second kappa shape index (κ2) is 7.37. The second-order valence-corrected chi connectivity index (χ2v) is 5.80. The summed E-state index contributed by atoms with van der Waals surface area (Å²) in [5.74, 6) is 0.954. The third kappa shape index (κ3) is 6.01. The van der Waals surface area contributed by atoms with E-state index in [0.717, 1.165) is 37.4 Å². The fraction of sp³-hybridized carbons (Fsp3) is 0.667. The molecule has 0 saturated heterocycles. The molecule has 1 aromatic rings. The Kier molecular flexibility index (Phi) is 6.13. The van der Waals surface area contributed by atoms with Crippen LogP contribution in [0.2, 0.25) is 0 Å². The van der Waals surface area contributed by atoms with Gasteiger partial charge in [-0.15, -0.1) is 0 Å². The summed E-state index contributed by atoms with van der Waals surface area (Å²) in [4.78, 5) is 4.35. The highest BCUT2D eigenvalue weighted by Gasteiger charge is 2.10. The standard InChI is InChI=1S/C15H26N2O/c1-5-9-16-14-13(7-6-10-17-14)12-18-11-8-15(2,3)4/h6-7,10H,5,8-9,11-12H2,1-4H3,(H,16,17). The molecule has 1 N–H and O–H groups in total. The van der Waals surface area contributed by atoms with Crippen molar-refractivity contribution in [1.82, 2.24) is 4.98 Å². The van der Waals surface area contributed by atoms with Crippen molar-refractivity contribution in [2.75, 3.05) is 18.5 Å². The molecule has 0 aliphatic rings. The summed E-state index contributed by atoms with van der Waals surface area (Å²) in [5, 5.41) is 3.33. The molecule has 0 fully saturated rings. The van der Waals surface area contributed by atoms with Gasteiger partial charge in [0.05, 0.1) is 6.61 Å². The van der Waals surface area contributed by atoms with Gasteiger partial charge >= 0.3 is 0 Å². The van der Waals surface area contributed by atoms with Crippen LogP contribution in [0.25, 0.3) is 0 Å². The number of hydrogen-bond donors (Lipinski definition) is 1. The van der Waals surface area contributed by atoms with E-state index in [1.807, 2.05) is 12.3 Å². The van der Waals surface area contributed by atoms with Crippen LogP contribution in [0.1, 0.15) is 46.1 Å². The van der Waals surface area contributed by atoms with Gasteiger partial charge in [-0.2, -0.15) is 0 Å². The van der Waals surface area contributed by atoms with Gasteiger partial charge in [0.25, 0.3) is 0 Å². The number of nitrogens with zero attached hydrogens (tertiary/aromatic N) is 1. The molecular weight excluding hydrogens is 224 g/mol. The molecule has 0 atom stereocenters. The third-order valence-corrected chi connectivity index (χ3v) is 2.69. The Labute approximate surface area is 111 Å². The fourth-order valence-electron chi connectivity index (χ4n) is 1.52. The zero-order chi connectivity index (χ0) is 13.4. The van der Waals surface area contributed by atoms with Crippen LogP contribution in [0.5, 0.6) is 0 Å². The Morgan fingerprint density at radius 2 is 2.11 bits per heavy atom. The lowest BCUT2D eigenvalue weighted by atomic mass is 9.93. The van der Waals surface area contributed by atoms with Crippen molar-refractivity contribution in [2.45, 2.75) is 47.1 Å². The van der Waals surface area contributed by atoms with Crippen molar-refractivity contribution in [3.8, 4) is 0 Å². The predicted molar refractivity (Wildman–Crippen MR) is 76.7 cm³/mol. The van der Waals surface area contributed by atoms with Crippen molar-refractivity contribution < 1.29 is 4.74 Å². The molecule has 0 radical (unpaired) electrons. The molecule has 0 aromatic carbocycles. The van der Waals surface area contributed by atoms with Crippen LogP contribution in [-0.4, -0.2) is 18.1 Å². The average Bonchev–Trinajstić information content (AvgIpc) is 2.32. The molecule has 1 aromatic heterocycles. The van der Waals surface area contributed by atoms with Crippen LogP contribution in [0.3, 0.4) is 0 Å². The maximum atomic E-state index is 5.74. The zero-order valence-electron chi connectivity index (χ0n) is 12.1. The van der Waals surface area contributed by atoms with E-state index in [1.165, 1.54) is 0 Å². The molecule has 1 rings (SSSR count). The van der Waals surface area contributed by atoms with Crippen LogP contribution in [0.4, 0.5) is 5.82 Å². The van der Waals surface area contributed by atoms with Crippen molar-refractivity contribution in [1.29, 1.82) is 0 Å². The van der Waals surface area contributed by atoms with Crippen LogP contribution >= 0.6 is 0 Å². The lowest BCUT2D eigenvalue weighted by Gasteiger charge is -2.18.